The molecule has 0 amide bonds. The first-order chi connectivity index (χ1) is 13.1. The van der Waals surface area contributed by atoms with Crippen LogP contribution in [0.25, 0.3) is 0 Å². The lowest BCUT2D eigenvalue weighted by atomic mass is 10.1. The van der Waals surface area contributed by atoms with Crippen molar-refractivity contribution in [3.8, 4) is 0 Å². The Labute approximate surface area is 163 Å². The van der Waals surface area contributed by atoms with E-state index in [1.54, 1.807) is 18.3 Å². The molecule has 1 aliphatic carbocycles. The number of nitrogens with one attached hydrogen (secondary N) is 1. The van der Waals surface area contributed by atoms with Crippen molar-refractivity contribution in [1.82, 2.24) is 14.9 Å². The highest BCUT2D eigenvalue weighted by Gasteiger charge is 2.34. The van der Waals surface area contributed by atoms with Crippen molar-refractivity contribution in [1.29, 1.82) is 0 Å². The summed E-state index contributed by atoms with van der Waals surface area (Å²) in [5.74, 6) is 0.731. The van der Waals surface area contributed by atoms with Gasteiger partial charge in [-0.25, -0.2) is 4.98 Å². The lowest BCUT2D eigenvalue weighted by Gasteiger charge is -2.29. The van der Waals surface area contributed by atoms with Crippen LogP contribution in [0, 0.1) is 6.92 Å². The quantitative estimate of drug-likeness (QED) is 0.762. The van der Waals surface area contributed by atoms with Gasteiger partial charge in [-0.1, -0.05) is 12.8 Å². The monoisotopic (exact) mass is 385 g/mol. The van der Waals surface area contributed by atoms with Crippen LogP contribution in [0.3, 0.4) is 0 Å². The first-order valence-corrected chi connectivity index (χ1v) is 10.9. The molecule has 1 saturated heterocycles. The molecule has 2 aromatic rings. The highest BCUT2D eigenvalue weighted by atomic mass is 32.1. The Hall–Kier alpha value is -1.79. The number of Topliss-reactive ketones (excluding diaryl/α,β-unsaturated/α-hetero) is 1. The van der Waals surface area contributed by atoms with Crippen LogP contribution in [-0.2, 0) is 6.42 Å². The maximum Gasteiger partial charge on any atom is 0.251 e. The average Bonchev–Trinajstić information content (AvgIpc) is 3.38. The Kier molecular flexibility index (Phi) is 5.55. The molecule has 0 aromatic carbocycles. The number of aromatic amines is 1. The third kappa shape index (κ3) is 4.22. The van der Waals surface area contributed by atoms with Gasteiger partial charge >= 0.3 is 0 Å². The van der Waals surface area contributed by atoms with Crippen molar-refractivity contribution in [3.63, 3.8) is 0 Å². The van der Waals surface area contributed by atoms with E-state index in [-0.39, 0.29) is 11.3 Å². The molecule has 2 fully saturated rings. The second kappa shape index (κ2) is 8.07. The number of aromatic nitrogens is 2. The highest BCUT2D eigenvalue weighted by Crippen LogP contribution is 2.40. The van der Waals surface area contributed by atoms with Gasteiger partial charge in [-0.15, -0.1) is 11.3 Å². The molecule has 1 N–H and O–H groups in total. The van der Waals surface area contributed by atoms with Gasteiger partial charge in [-0.05, 0) is 51.3 Å². The fourth-order valence-electron chi connectivity index (χ4n) is 4.56. The van der Waals surface area contributed by atoms with E-state index in [1.807, 2.05) is 6.07 Å². The third-order valence-electron chi connectivity index (χ3n) is 5.83. The Morgan fingerprint density at radius 2 is 2.07 bits per heavy atom. The Morgan fingerprint density at radius 3 is 2.85 bits per heavy atom. The molecule has 0 radical (unpaired) electrons. The molecule has 144 valence electrons. The summed E-state index contributed by atoms with van der Waals surface area (Å²) in [6.07, 6.45) is 8.69. The van der Waals surface area contributed by atoms with E-state index in [2.05, 4.69) is 20.9 Å². The summed E-state index contributed by atoms with van der Waals surface area (Å²) in [6, 6.07) is 6.84. The number of hydrogen-bond acceptors (Lipinski definition) is 5. The molecule has 0 spiro atoms. The van der Waals surface area contributed by atoms with Crippen LogP contribution < -0.4 is 5.56 Å². The zero-order chi connectivity index (χ0) is 18.8. The highest BCUT2D eigenvalue weighted by molar-refractivity contribution is 7.14. The van der Waals surface area contributed by atoms with E-state index in [4.69, 9.17) is 0 Å². The van der Waals surface area contributed by atoms with Gasteiger partial charge in [0.05, 0.1) is 4.88 Å². The van der Waals surface area contributed by atoms with Crippen LogP contribution in [0.1, 0.15) is 77.1 Å². The van der Waals surface area contributed by atoms with Crippen LogP contribution >= 0.6 is 11.3 Å². The lowest BCUT2D eigenvalue weighted by molar-refractivity contribution is 0.0986. The van der Waals surface area contributed by atoms with Crippen molar-refractivity contribution in [2.24, 2.45) is 0 Å². The molecular weight excluding hydrogens is 358 g/mol. The van der Waals surface area contributed by atoms with Crippen LogP contribution in [0.5, 0.6) is 0 Å². The number of H-pyrrole nitrogens is 1. The van der Waals surface area contributed by atoms with Crippen LogP contribution in [-0.4, -0.2) is 33.2 Å². The molecule has 3 heterocycles. The number of rotatable bonds is 6. The van der Waals surface area contributed by atoms with Gasteiger partial charge in [0.1, 0.15) is 5.82 Å². The van der Waals surface area contributed by atoms with Crippen LogP contribution in [0.15, 0.2) is 23.0 Å². The van der Waals surface area contributed by atoms with Crippen molar-refractivity contribution in [2.75, 3.05) is 6.54 Å². The number of thiophene rings is 1. The smallest absolute Gasteiger partial charge is 0.251 e. The zero-order valence-corrected chi connectivity index (χ0v) is 16.7. The van der Waals surface area contributed by atoms with E-state index in [1.165, 1.54) is 56.0 Å². The van der Waals surface area contributed by atoms with Crippen molar-refractivity contribution < 1.29 is 4.79 Å². The molecule has 2 aliphatic rings. The number of hydrogen-bond donors (Lipinski definition) is 1. The van der Waals surface area contributed by atoms with Gasteiger partial charge in [0, 0.05) is 41.6 Å². The van der Waals surface area contributed by atoms with Gasteiger partial charge < -0.3 is 4.98 Å². The molecule has 4 rings (SSSR count). The predicted molar refractivity (Wildman–Crippen MR) is 108 cm³/mol. The Bertz CT molecular complexity index is 866. The minimum atomic E-state index is -0.156. The Balaban J connectivity index is 1.41. The topological polar surface area (TPSA) is 66.1 Å². The number of likely N-dealkylation sites (tertiary alicyclic amines) is 1. The second-order valence-corrected chi connectivity index (χ2v) is 8.91. The standard InChI is InChI=1S/C21H27N3O2S/c1-14-13-21(26)23-20(22-14)11-8-17(25)19-10-9-18(27-19)16-7-4-12-24(16)15-5-2-3-6-15/h9-10,13,15-16H,2-8,11-12H2,1H3,(H,22,23,26). The van der Waals surface area contributed by atoms with E-state index in [9.17, 15) is 9.59 Å². The number of carbonyl (C=O) groups excluding carboxylic acids is 1. The molecule has 1 saturated carbocycles. The van der Waals surface area contributed by atoms with E-state index in [0.29, 0.717) is 30.4 Å². The van der Waals surface area contributed by atoms with E-state index >= 15 is 0 Å². The molecule has 2 aromatic heterocycles. The molecule has 1 aliphatic heterocycles. The fraction of sp³-hybridized carbons (Fsp3) is 0.571. The number of nitrogens with zero attached hydrogens (tertiary/aromatic N) is 2. The summed E-state index contributed by atoms with van der Waals surface area (Å²) < 4.78 is 0. The lowest BCUT2D eigenvalue weighted by Crippen LogP contribution is -2.32. The van der Waals surface area contributed by atoms with Crippen molar-refractivity contribution in [3.05, 3.63) is 49.8 Å². The molecule has 6 heteroatoms. The molecule has 1 unspecified atom stereocenters. The molecule has 5 nitrogen and oxygen atoms in total. The van der Waals surface area contributed by atoms with E-state index in [0.717, 1.165) is 10.9 Å². The molecular formula is C21H27N3O2S. The van der Waals surface area contributed by atoms with Gasteiger partial charge in [-0.2, -0.15) is 0 Å². The van der Waals surface area contributed by atoms with Gasteiger partial charge in [0.2, 0.25) is 0 Å². The Morgan fingerprint density at radius 1 is 1.26 bits per heavy atom. The van der Waals surface area contributed by atoms with Gasteiger partial charge in [-0.3, -0.25) is 14.5 Å². The molecule has 1 atom stereocenters. The van der Waals surface area contributed by atoms with Gasteiger partial charge in [0.15, 0.2) is 5.78 Å². The zero-order valence-electron chi connectivity index (χ0n) is 15.9. The summed E-state index contributed by atoms with van der Waals surface area (Å²) in [4.78, 5) is 36.1. The maximum absolute atomic E-state index is 12.6. The van der Waals surface area contributed by atoms with Crippen molar-refractivity contribution >= 4 is 17.1 Å². The minimum Gasteiger partial charge on any atom is -0.311 e. The number of aryl methyl sites for hydroxylation is 2. The average molecular weight is 386 g/mol. The summed E-state index contributed by atoms with van der Waals surface area (Å²) in [7, 11) is 0. The third-order valence-corrected chi connectivity index (χ3v) is 7.05. The largest absolute Gasteiger partial charge is 0.311 e. The summed E-state index contributed by atoms with van der Waals surface area (Å²) in [6.45, 7) is 2.99. The maximum atomic E-state index is 12.6. The second-order valence-electron chi connectivity index (χ2n) is 7.79. The predicted octanol–water partition coefficient (Wildman–Crippen LogP) is 4.03. The number of ketones is 1. The number of carbonyl (C=O) groups is 1. The van der Waals surface area contributed by atoms with Crippen molar-refractivity contribution in [2.45, 2.75) is 70.4 Å². The fourth-order valence-corrected chi connectivity index (χ4v) is 5.70. The normalized spacial score (nSPS) is 21.1. The van der Waals surface area contributed by atoms with Crippen LogP contribution in [0.2, 0.25) is 0 Å². The summed E-state index contributed by atoms with van der Waals surface area (Å²) >= 11 is 1.66. The SMILES string of the molecule is Cc1cc(=O)[nH]c(CCC(=O)c2ccc(C3CCCN3C3CCCC3)s2)n1. The molecule has 0 bridgehead atoms. The van der Waals surface area contributed by atoms with Gasteiger partial charge in [0.25, 0.3) is 5.56 Å². The first-order valence-electron chi connectivity index (χ1n) is 10.1. The first kappa shape index (κ1) is 18.6. The summed E-state index contributed by atoms with van der Waals surface area (Å²) in [5.41, 5.74) is 0.532. The van der Waals surface area contributed by atoms with E-state index < -0.39 is 0 Å². The van der Waals surface area contributed by atoms with Crippen LogP contribution in [0.4, 0.5) is 0 Å². The minimum absolute atomic E-state index is 0.140. The summed E-state index contributed by atoms with van der Waals surface area (Å²) in [5, 5.41) is 0. The molecule has 27 heavy (non-hydrogen) atoms.